The minimum absolute atomic E-state index is 0.0554. The Morgan fingerprint density at radius 2 is 1.72 bits per heavy atom. The molecule has 8 atom stereocenters. The Labute approximate surface area is 236 Å². The molecule has 0 aromatic rings. The summed E-state index contributed by atoms with van der Waals surface area (Å²) < 4.78 is 18.4. The van der Waals surface area contributed by atoms with Crippen LogP contribution in [0.1, 0.15) is 87.0 Å². The Morgan fingerprint density at radius 3 is 2.28 bits per heavy atom. The van der Waals surface area contributed by atoms with Crippen molar-refractivity contribution in [3.63, 3.8) is 0 Å². The Kier molecular flexibility index (Phi) is 9.40. The predicted molar refractivity (Wildman–Crippen MR) is 155 cm³/mol. The molecule has 2 unspecified atom stereocenters. The third-order valence-corrected chi connectivity index (χ3v) is 15.7. The molecule has 3 aliphatic rings. The number of nitrogens with zero attached hydrogens (tertiary/aromatic N) is 3. The van der Waals surface area contributed by atoms with E-state index in [2.05, 4.69) is 64.3 Å². The molecular formula is C30H51N3O5Si. The Morgan fingerprint density at radius 1 is 1.10 bits per heavy atom. The molecule has 0 bridgehead atoms. The van der Waals surface area contributed by atoms with Gasteiger partial charge in [0.25, 0.3) is 0 Å². The van der Waals surface area contributed by atoms with Crippen LogP contribution in [0.2, 0.25) is 18.1 Å². The summed E-state index contributed by atoms with van der Waals surface area (Å²) in [6.07, 6.45) is 4.22. The van der Waals surface area contributed by atoms with Gasteiger partial charge in [0.1, 0.15) is 12.2 Å². The van der Waals surface area contributed by atoms with Crippen LogP contribution in [0.15, 0.2) is 17.3 Å². The lowest BCUT2D eigenvalue weighted by atomic mass is 9.49. The first kappa shape index (κ1) is 31.7. The maximum absolute atomic E-state index is 12.2. The third kappa shape index (κ3) is 6.41. The van der Waals surface area contributed by atoms with Gasteiger partial charge < -0.3 is 13.9 Å². The molecule has 0 radical (unpaired) electrons. The van der Waals surface area contributed by atoms with Crippen molar-refractivity contribution in [2.75, 3.05) is 13.2 Å². The lowest BCUT2D eigenvalue weighted by Gasteiger charge is -2.58. The van der Waals surface area contributed by atoms with Gasteiger partial charge in [0, 0.05) is 31.9 Å². The number of esters is 2. The number of ether oxygens (including phenoxy) is 2. The topological polar surface area (TPSA) is 111 Å². The highest BCUT2D eigenvalue weighted by Crippen LogP contribution is 2.64. The van der Waals surface area contributed by atoms with Crippen LogP contribution in [0.5, 0.6) is 0 Å². The van der Waals surface area contributed by atoms with Gasteiger partial charge in [-0.2, -0.15) is 0 Å². The summed E-state index contributed by atoms with van der Waals surface area (Å²) in [5.74, 6) is 0.189. The molecule has 8 nitrogen and oxygen atoms in total. The molecule has 3 fully saturated rings. The molecule has 3 saturated carbocycles. The van der Waals surface area contributed by atoms with Crippen LogP contribution in [0.25, 0.3) is 10.4 Å². The molecule has 0 amide bonds. The van der Waals surface area contributed by atoms with E-state index in [9.17, 15) is 15.1 Å². The average molecular weight is 562 g/mol. The van der Waals surface area contributed by atoms with Gasteiger partial charge in [-0.3, -0.25) is 9.59 Å². The van der Waals surface area contributed by atoms with E-state index in [4.69, 9.17) is 13.9 Å². The van der Waals surface area contributed by atoms with Gasteiger partial charge >= 0.3 is 11.9 Å². The summed E-state index contributed by atoms with van der Waals surface area (Å²) in [4.78, 5) is 27.4. The number of fused-ring (bicyclic) bond motifs is 1. The number of allylic oxidation sites excluding steroid dienone is 1. The zero-order valence-corrected chi connectivity index (χ0v) is 26.7. The van der Waals surface area contributed by atoms with Gasteiger partial charge in [-0.05, 0) is 96.7 Å². The third-order valence-electron chi connectivity index (χ3n) is 11.2. The lowest BCUT2D eigenvalue weighted by molar-refractivity contribution is -0.188. The molecule has 220 valence electrons. The van der Waals surface area contributed by atoms with Crippen molar-refractivity contribution in [3.8, 4) is 0 Å². The van der Waals surface area contributed by atoms with Crippen molar-refractivity contribution in [2.24, 2.45) is 39.6 Å². The summed E-state index contributed by atoms with van der Waals surface area (Å²) in [6, 6.07) is 0. The highest BCUT2D eigenvalue weighted by Gasteiger charge is 2.59. The number of azide groups is 1. The molecule has 0 aliphatic heterocycles. The van der Waals surface area contributed by atoms with Gasteiger partial charge in [0.2, 0.25) is 0 Å². The zero-order chi connectivity index (χ0) is 29.4. The van der Waals surface area contributed by atoms with Crippen LogP contribution in [-0.2, 0) is 23.5 Å². The highest BCUT2D eigenvalue weighted by molar-refractivity contribution is 6.74. The number of hydrogen-bond donors (Lipinski definition) is 0. The van der Waals surface area contributed by atoms with Crippen LogP contribution in [-0.4, -0.2) is 45.6 Å². The largest absolute Gasteiger partial charge is 0.459 e. The second kappa shape index (κ2) is 11.6. The normalized spacial score (nSPS) is 37.0. The van der Waals surface area contributed by atoms with Crippen LogP contribution in [0.3, 0.4) is 0 Å². The van der Waals surface area contributed by atoms with Crippen molar-refractivity contribution in [2.45, 2.75) is 117 Å². The summed E-state index contributed by atoms with van der Waals surface area (Å²) in [5, 5.41) is 4.19. The Hall–Kier alpha value is -1.83. The van der Waals surface area contributed by atoms with E-state index in [1.54, 1.807) is 0 Å². The minimum atomic E-state index is -2.05. The number of carbonyl (C=O) groups is 2. The van der Waals surface area contributed by atoms with Gasteiger partial charge in [0.05, 0.1) is 0 Å². The molecule has 0 saturated heterocycles. The summed E-state index contributed by atoms with van der Waals surface area (Å²) in [5.41, 5.74) is 10.4. The van der Waals surface area contributed by atoms with E-state index < -0.39 is 20.5 Å². The monoisotopic (exact) mass is 561 g/mol. The zero-order valence-electron chi connectivity index (χ0n) is 25.7. The van der Waals surface area contributed by atoms with E-state index in [1.165, 1.54) is 19.4 Å². The second-order valence-corrected chi connectivity index (χ2v) is 19.2. The fourth-order valence-corrected chi connectivity index (χ4v) is 8.79. The summed E-state index contributed by atoms with van der Waals surface area (Å²) in [6.45, 7) is 24.2. The maximum Gasteiger partial charge on any atom is 0.303 e. The van der Waals surface area contributed by atoms with Gasteiger partial charge in [-0.15, -0.1) is 0 Å². The summed E-state index contributed by atoms with van der Waals surface area (Å²) in [7, 11) is -2.05. The van der Waals surface area contributed by atoms with Crippen molar-refractivity contribution in [3.05, 3.63) is 22.6 Å². The van der Waals surface area contributed by atoms with E-state index in [0.717, 1.165) is 25.7 Å². The number of carbonyl (C=O) groups excluding carboxylic acids is 2. The highest BCUT2D eigenvalue weighted by atomic mass is 28.4. The molecule has 0 aromatic heterocycles. The number of hydrogen-bond acceptors (Lipinski definition) is 6. The van der Waals surface area contributed by atoms with Crippen molar-refractivity contribution in [1.29, 1.82) is 0 Å². The quantitative estimate of drug-likeness (QED) is 0.0756. The van der Waals surface area contributed by atoms with Crippen molar-refractivity contribution < 1.29 is 23.5 Å². The van der Waals surface area contributed by atoms with Gasteiger partial charge in [-0.1, -0.05) is 51.9 Å². The fourth-order valence-electron chi connectivity index (χ4n) is 7.74. The minimum Gasteiger partial charge on any atom is -0.459 e. The van der Waals surface area contributed by atoms with Gasteiger partial charge in [0.15, 0.2) is 8.32 Å². The first-order valence-electron chi connectivity index (χ1n) is 14.6. The Bertz CT molecular complexity index is 1000. The summed E-state index contributed by atoms with van der Waals surface area (Å²) >= 11 is 0. The van der Waals surface area contributed by atoms with Crippen LogP contribution >= 0.6 is 0 Å². The van der Waals surface area contributed by atoms with Crippen LogP contribution in [0, 0.1) is 34.5 Å². The van der Waals surface area contributed by atoms with Crippen molar-refractivity contribution in [1.82, 2.24) is 0 Å². The molecule has 0 aromatic carbocycles. The van der Waals surface area contributed by atoms with E-state index in [-0.39, 0.29) is 45.6 Å². The first-order chi connectivity index (χ1) is 18.0. The molecule has 3 rings (SSSR count). The van der Waals surface area contributed by atoms with Crippen LogP contribution < -0.4 is 0 Å². The SMILES string of the molecule is C=C1CCC2[C@H](CN=[N+]=[N-])C([C@@]3(C)C[C@@H](OC(C)=O)[C@@H](OC(C)=O)C[C@@H]3CO[Si](C)(C)C(C)(C)C)CC[C@]12C. The molecule has 39 heavy (non-hydrogen) atoms. The van der Waals surface area contributed by atoms with Crippen LogP contribution in [0.4, 0.5) is 0 Å². The average Bonchev–Trinajstić information content (AvgIpc) is 3.11. The van der Waals surface area contributed by atoms with E-state index in [0.29, 0.717) is 31.9 Å². The Balaban J connectivity index is 2.05. The lowest BCUT2D eigenvalue weighted by Crippen LogP contribution is -2.57. The fraction of sp³-hybridized carbons (Fsp3) is 0.867. The second-order valence-electron chi connectivity index (χ2n) is 14.4. The molecular weight excluding hydrogens is 510 g/mol. The molecule has 3 aliphatic carbocycles. The van der Waals surface area contributed by atoms with E-state index in [1.807, 2.05) is 0 Å². The van der Waals surface area contributed by atoms with Gasteiger partial charge in [-0.25, -0.2) is 0 Å². The first-order valence-corrected chi connectivity index (χ1v) is 17.5. The molecule has 0 spiro atoms. The standard InChI is InChI=1S/C30H51N3O5Si/c1-19-11-12-24-23(17-32-33-31)25(13-14-29(19,24)7)30(8)16-27(38-21(3)35)26(37-20(2)34)15-22(30)18-36-39(9,10)28(4,5)6/h22-27H,1,11-18H2,2-10H3/t22-,23+,24?,25?,26+,27-,29-,30+/m1/s1. The molecule has 0 heterocycles. The molecule has 9 heteroatoms. The van der Waals surface area contributed by atoms with E-state index >= 15 is 0 Å². The smallest absolute Gasteiger partial charge is 0.303 e. The van der Waals surface area contributed by atoms with Crippen molar-refractivity contribution >= 4 is 20.3 Å². The predicted octanol–water partition coefficient (Wildman–Crippen LogP) is 7.60. The number of rotatable bonds is 8. The maximum atomic E-state index is 12.2. The molecule has 0 N–H and O–H groups in total.